The molecule has 176 valence electrons. The van der Waals surface area contributed by atoms with Crippen LogP contribution in [-0.4, -0.2) is 58.0 Å². The molecule has 1 saturated heterocycles. The highest BCUT2D eigenvalue weighted by molar-refractivity contribution is 7.89. The lowest BCUT2D eigenvalue weighted by molar-refractivity contribution is -0.149. The second-order valence-corrected chi connectivity index (χ2v) is 9.36. The van der Waals surface area contributed by atoms with Gasteiger partial charge in [0.05, 0.1) is 23.5 Å². The lowest BCUT2D eigenvalue weighted by atomic mass is 9.97. The Balaban J connectivity index is 1.54. The normalized spacial score (nSPS) is 14.5. The van der Waals surface area contributed by atoms with Crippen LogP contribution in [0.15, 0.2) is 59.5 Å². The van der Waals surface area contributed by atoms with Crippen LogP contribution in [0.2, 0.25) is 0 Å². The first kappa shape index (κ1) is 24.4. The van der Waals surface area contributed by atoms with Gasteiger partial charge in [-0.15, -0.1) is 0 Å². The Labute approximate surface area is 192 Å². The number of ether oxygens (including phenoxy) is 2. The van der Waals surface area contributed by atoms with Crippen molar-refractivity contribution in [2.24, 2.45) is 5.92 Å². The third-order valence-corrected chi connectivity index (χ3v) is 6.80. The molecular formula is C23H26N2O7S. The zero-order valence-corrected chi connectivity index (χ0v) is 19.0. The predicted octanol–water partition coefficient (Wildman–Crippen LogP) is 1.73. The molecule has 1 fully saturated rings. The summed E-state index contributed by atoms with van der Waals surface area (Å²) >= 11 is 0. The summed E-state index contributed by atoms with van der Waals surface area (Å²) in [7, 11) is -2.52. The number of methoxy groups -OCH3 is 1. The van der Waals surface area contributed by atoms with Crippen LogP contribution in [0.1, 0.15) is 28.8 Å². The summed E-state index contributed by atoms with van der Waals surface area (Å²) in [5.41, 5.74) is 0.820. The Bertz CT molecular complexity index is 1090. The molecule has 2 aromatic carbocycles. The van der Waals surface area contributed by atoms with Crippen molar-refractivity contribution >= 4 is 27.9 Å². The van der Waals surface area contributed by atoms with Gasteiger partial charge in [0.2, 0.25) is 10.0 Å². The molecule has 1 amide bonds. The third-order valence-electron chi connectivity index (χ3n) is 5.40. The van der Waals surface area contributed by atoms with E-state index in [0.29, 0.717) is 25.9 Å². The van der Waals surface area contributed by atoms with Crippen LogP contribution in [0.25, 0.3) is 0 Å². The van der Waals surface area contributed by atoms with Crippen molar-refractivity contribution in [3.63, 3.8) is 0 Å². The summed E-state index contributed by atoms with van der Waals surface area (Å²) in [6, 6.07) is 14.5. The van der Waals surface area contributed by atoms with Gasteiger partial charge in [-0.25, -0.2) is 17.9 Å². The third kappa shape index (κ3) is 6.62. The SMILES string of the molecule is COC(=O)C1CCN(C(=O)COC(=O)c2cccc(S(=O)(=O)NCc3ccccc3)c2)CC1. The molecule has 0 aliphatic carbocycles. The quantitative estimate of drug-likeness (QED) is 0.579. The van der Waals surface area contributed by atoms with Crippen LogP contribution in [0.4, 0.5) is 0 Å². The van der Waals surface area contributed by atoms with Gasteiger partial charge in [-0.05, 0) is 36.6 Å². The van der Waals surface area contributed by atoms with E-state index in [4.69, 9.17) is 9.47 Å². The summed E-state index contributed by atoms with van der Waals surface area (Å²) in [5.74, 6) is -1.70. The maximum atomic E-state index is 12.6. The summed E-state index contributed by atoms with van der Waals surface area (Å²) in [6.45, 7) is 0.387. The maximum absolute atomic E-state index is 12.6. The smallest absolute Gasteiger partial charge is 0.338 e. The highest BCUT2D eigenvalue weighted by Gasteiger charge is 2.28. The maximum Gasteiger partial charge on any atom is 0.338 e. The van der Waals surface area contributed by atoms with Crippen LogP contribution < -0.4 is 4.72 Å². The number of hydrogen-bond acceptors (Lipinski definition) is 7. The first-order valence-electron chi connectivity index (χ1n) is 10.5. The van der Waals surface area contributed by atoms with E-state index in [9.17, 15) is 22.8 Å². The average Bonchev–Trinajstić information content (AvgIpc) is 2.86. The fraction of sp³-hybridized carbons (Fsp3) is 0.348. The molecule has 0 saturated carbocycles. The fourth-order valence-electron chi connectivity index (χ4n) is 3.48. The van der Waals surface area contributed by atoms with Gasteiger partial charge < -0.3 is 14.4 Å². The minimum absolute atomic E-state index is 0.0229. The first-order chi connectivity index (χ1) is 15.8. The number of sulfonamides is 1. The zero-order valence-electron chi connectivity index (χ0n) is 18.2. The zero-order chi connectivity index (χ0) is 23.8. The van der Waals surface area contributed by atoms with Crippen molar-refractivity contribution in [3.05, 3.63) is 65.7 Å². The second kappa shape index (κ2) is 11.1. The molecule has 1 N–H and O–H groups in total. The predicted molar refractivity (Wildman–Crippen MR) is 119 cm³/mol. The van der Waals surface area contributed by atoms with Gasteiger partial charge in [0.1, 0.15) is 0 Å². The first-order valence-corrected chi connectivity index (χ1v) is 11.9. The van der Waals surface area contributed by atoms with Crippen molar-refractivity contribution in [3.8, 4) is 0 Å². The average molecular weight is 475 g/mol. The Morgan fingerprint density at radius 1 is 1.03 bits per heavy atom. The molecule has 0 atom stereocenters. The molecule has 3 rings (SSSR count). The van der Waals surface area contributed by atoms with Gasteiger partial charge in [-0.2, -0.15) is 0 Å². The molecule has 10 heteroatoms. The second-order valence-electron chi connectivity index (χ2n) is 7.59. The van der Waals surface area contributed by atoms with Gasteiger partial charge in [-0.3, -0.25) is 9.59 Å². The number of benzene rings is 2. The lowest BCUT2D eigenvalue weighted by Gasteiger charge is -2.30. The monoisotopic (exact) mass is 474 g/mol. The van der Waals surface area contributed by atoms with Gasteiger partial charge in [0.25, 0.3) is 5.91 Å². The fourth-order valence-corrected chi connectivity index (χ4v) is 4.54. The summed E-state index contributed by atoms with van der Waals surface area (Å²) in [5, 5.41) is 0. The molecule has 0 radical (unpaired) electrons. The van der Waals surface area contributed by atoms with Crippen LogP contribution in [-0.2, 0) is 35.6 Å². The van der Waals surface area contributed by atoms with Crippen molar-refractivity contribution in [1.82, 2.24) is 9.62 Å². The number of likely N-dealkylation sites (tertiary alicyclic amines) is 1. The minimum atomic E-state index is -3.85. The van der Waals surface area contributed by atoms with Crippen LogP contribution in [0.3, 0.4) is 0 Å². The molecule has 2 aromatic rings. The van der Waals surface area contributed by atoms with Crippen molar-refractivity contribution in [2.45, 2.75) is 24.3 Å². The van der Waals surface area contributed by atoms with E-state index < -0.39 is 22.6 Å². The van der Waals surface area contributed by atoms with Crippen molar-refractivity contribution in [1.29, 1.82) is 0 Å². The summed E-state index contributed by atoms with van der Waals surface area (Å²) in [4.78, 5) is 37.8. The standard InChI is InChI=1S/C23H26N2O7S/c1-31-22(27)18-10-12-25(13-11-18)21(26)16-32-23(28)19-8-5-9-20(14-19)33(29,30)24-15-17-6-3-2-4-7-17/h2-9,14,18,24H,10-13,15-16H2,1H3. The van der Waals surface area contributed by atoms with E-state index in [1.54, 1.807) is 12.1 Å². The van der Waals surface area contributed by atoms with E-state index in [1.165, 1.54) is 36.3 Å². The Hall–Kier alpha value is -3.24. The molecular weight excluding hydrogens is 448 g/mol. The molecule has 0 bridgehead atoms. The van der Waals surface area contributed by atoms with E-state index in [2.05, 4.69) is 4.72 Å². The highest BCUT2D eigenvalue weighted by Crippen LogP contribution is 2.19. The Kier molecular flexibility index (Phi) is 8.18. The molecule has 0 spiro atoms. The van der Waals surface area contributed by atoms with Crippen molar-refractivity contribution < 1.29 is 32.3 Å². The molecule has 1 aliphatic heterocycles. The number of carbonyl (C=O) groups excluding carboxylic acids is 3. The number of hydrogen-bond donors (Lipinski definition) is 1. The van der Waals surface area contributed by atoms with E-state index in [1.807, 2.05) is 18.2 Å². The number of esters is 2. The molecule has 1 aliphatic rings. The minimum Gasteiger partial charge on any atom is -0.469 e. The van der Waals surface area contributed by atoms with Gasteiger partial charge >= 0.3 is 11.9 Å². The Morgan fingerprint density at radius 3 is 2.39 bits per heavy atom. The molecule has 9 nitrogen and oxygen atoms in total. The molecule has 33 heavy (non-hydrogen) atoms. The highest BCUT2D eigenvalue weighted by atomic mass is 32.2. The van der Waals surface area contributed by atoms with Gasteiger partial charge in [0, 0.05) is 19.6 Å². The molecule has 0 aromatic heterocycles. The van der Waals surface area contributed by atoms with Crippen LogP contribution in [0.5, 0.6) is 0 Å². The summed E-state index contributed by atoms with van der Waals surface area (Å²) in [6.07, 6.45) is 0.977. The van der Waals surface area contributed by atoms with E-state index in [0.717, 1.165) is 5.56 Å². The van der Waals surface area contributed by atoms with E-state index in [-0.39, 0.29) is 34.8 Å². The number of nitrogens with one attached hydrogen (secondary N) is 1. The Morgan fingerprint density at radius 2 is 1.73 bits per heavy atom. The van der Waals surface area contributed by atoms with Crippen LogP contribution >= 0.6 is 0 Å². The van der Waals surface area contributed by atoms with Gasteiger partial charge in [-0.1, -0.05) is 36.4 Å². The number of amides is 1. The van der Waals surface area contributed by atoms with Crippen LogP contribution in [0, 0.1) is 5.92 Å². The number of rotatable bonds is 8. The molecule has 0 unspecified atom stereocenters. The topological polar surface area (TPSA) is 119 Å². The van der Waals surface area contributed by atoms with Gasteiger partial charge in [0.15, 0.2) is 6.61 Å². The number of carbonyl (C=O) groups is 3. The summed E-state index contributed by atoms with van der Waals surface area (Å²) < 4.78 is 37.5. The molecule has 1 heterocycles. The van der Waals surface area contributed by atoms with Crippen molar-refractivity contribution in [2.75, 3.05) is 26.8 Å². The largest absolute Gasteiger partial charge is 0.469 e. The number of piperidine rings is 1. The number of nitrogens with zero attached hydrogens (tertiary/aromatic N) is 1. The van der Waals surface area contributed by atoms with E-state index >= 15 is 0 Å². The lowest BCUT2D eigenvalue weighted by Crippen LogP contribution is -2.42.